The summed E-state index contributed by atoms with van der Waals surface area (Å²) in [4.78, 5) is 0. The molecule has 1 aliphatic rings. The van der Waals surface area contributed by atoms with Crippen molar-refractivity contribution in [2.75, 3.05) is 7.11 Å². The highest BCUT2D eigenvalue weighted by molar-refractivity contribution is 4.92. The number of hydrogen-bond donors (Lipinski definition) is 1. The molecule has 1 atom stereocenters. The van der Waals surface area contributed by atoms with Crippen LogP contribution in [-0.4, -0.2) is 18.8 Å². The molecule has 2 N–H and O–H groups in total. The van der Waals surface area contributed by atoms with Gasteiger partial charge in [0.05, 0.1) is 5.60 Å². The van der Waals surface area contributed by atoms with E-state index in [1.54, 1.807) is 0 Å². The number of ether oxygens (including phenoxy) is 1. The van der Waals surface area contributed by atoms with Crippen LogP contribution in [0.3, 0.4) is 0 Å². The van der Waals surface area contributed by atoms with Crippen LogP contribution >= 0.6 is 0 Å². The normalized spacial score (nSPS) is 22.4. The van der Waals surface area contributed by atoms with E-state index in [0.717, 1.165) is 25.2 Å². The molecule has 0 saturated heterocycles. The Labute approximate surface area is 107 Å². The van der Waals surface area contributed by atoms with E-state index in [-0.39, 0.29) is 11.6 Å². The van der Waals surface area contributed by atoms with E-state index in [0.29, 0.717) is 0 Å². The van der Waals surface area contributed by atoms with Crippen molar-refractivity contribution in [3.05, 3.63) is 0 Å². The van der Waals surface area contributed by atoms with E-state index in [1.165, 1.54) is 38.5 Å². The van der Waals surface area contributed by atoms with Crippen LogP contribution in [0, 0.1) is 5.92 Å². The van der Waals surface area contributed by atoms with Gasteiger partial charge in [-0.3, -0.25) is 0 Å². The molecule has 0 aromatic rings. The molecule has 17 heavy (non-hydrogen) atoms. The predicted molar refractivity (Wildman–Crippen MR) is 74.1 cm³/mol. The van der Waals surface area contributed by atoms with Crippen molar-refractivity contribution in [1.82, 2.24) is 0 Å². The molecular weight excluding hydrogens is 210 g/mol. The third-order valence-electron chi connectivity index (χ3n) is 4.33. The first kappa shape index (κ1) is 15.0. The Balaban J connectivity index is 2.46. The lowest BCUT2D eigenvalue weighted by atomic mass is 9.83. The molecule has 2 nitrogen and oxygen atoms in total. The summed E-state index contributed by atoms with van der Waals surface area (Å²) in [5.74, 6) is 0.787. The maximum atomic E-state index is 6.42. The van der Waals surface area contributed by atoms with Gasteiger partial charge in [-0.05, 0) is 25.2 Å². The van der Waals surface area contributed by atoms with E-state index in [9.17, 15) is 0 Å². The van der Waals surface area contributed by atoms with E-state index in [4.69, 9.17) is 10.5 Å². The Kier molecular flexibility index (Phi) is 6.50. The predicted octanol–water partition coefficient (Wildman–Crippen LogP) is 3.88. The largest absolute Gasteiger partial charge is 0.377 e. The van der Waals surface area contributed by atoms with E-state index in [1.807, 2.05) is 7.11 Å². The highest BCUT2D eigenvalue weighted by Crippen LogP contribution is 2.34. The third kappa shape index (κ3) is 4.59. The monoisotopic (exact) mass is 241 g/mol. The van der Waals surface area contributed by atoms with Gasteiger partial charge in [-0.2, -0.15) is 0 Å². The third-order valence-corrected chi connectivity index (χ3v) is 4.33. The van der Waals surface area contributed by atoms with Gasteiger partial charge < -0.3 is 10.5 Å². The summed E-state index contributed by atoms with van der Waals surface area (Å²) in [7, 11) is 1.85. The Morgan fingerprint density at radius 1 is 1.06 bits per heavy atom. The lowest BCUT2D eigenvalue weighted by Gasteiger charge is -2.37. The minimum Gasteiger partial charge on any atom is -0.377 e. The molecule has 0 amide bonds. The Hall–Kier alpha value is -0.0800. The van der Waals surface area contributed by atoms with E-state index >= 15 is 0 Å². The zero-order valence-electron chi connectivity index (χ0n) is 12.0. The zero-order chi connectivity index (χ0) is 12.7. The Morgan fingerprint density at radius 3 is 2.12 bits per heavy atom. The first-order valence-corrected chi connectivity index (χ1v) is 7.41. The van der Waals surface area contributed by atoms with Crippen LogP contribution in [0.15, 0.2) is 0 Å². The second kappa shape index (κ2) is 7.38. The molecule has 1 aliphatic carbocycles. The average molecular weight is 241 g/mol. The van der Waals surface area contributed by atoms with Crippen LogP contribution in [0.5, 0.6) is 0 Å². The van der Waals surface area contributed by atoms with Crippen LogP contribution in [0.4, 0.5) is 0 Å². The van der Waals surface area contributed by atoms with Crippen LogP contribution in [-0.2, 0) is 4.74 Å². The summed E-state index contributed by atoms with van der Waals surface area (Å²) in [6, 6.07) is 0.226. The van der Waals surface area contributed by atoms with Crippen LogP contribution in [0.2, 0.25) is 0 Å². The van der Waals surface area contributed by atoms with Crippen molar-refractivity contribution < 1.29 is 4.74 Å². The van der Waals surface area contributed by atoms with E-state index < -0.39 is 0 Å². The first-order chi connectivity index (χ1) is 8.10. The standard InChI is InChI=1S/C15H31NO/c1-13(2)9-8-10-14(16)15(17-3)11-6-4-5-7-12-15/h13-14H,4-12,16H2,1-3H3. The van der Waals surface area contributed by atoms with Gasteiger partial charge in [-0.25, -0.2) is 0 Å². The van der Waals surface area contributed by atoms with Gasteiger partial charge in [0, 0.05) is 13.2 Å². The van der Waals surface area contributed by atoms with Crippen molar-refractivity contribution in [3.8, 4) is 0 Å². The lowest BCUT2D eigenvalue weighted by molar-refractivity contribution is -0.0455. The summed E-state index contributed by atoms with van der Waals surface area (Å²) in [5, 5.41) is 0. The number of hydrogen-bond acceptors (Lipinski definition) is 2. The summed E-state index contributed by atoms with van der Waals surface area (Å²) in [6.07, 6.45) is 11.2. The topological polar surface area (TPSA) is 35.2 Å². The van der Waals surface area contributed by atoms with Crippen molar-refractivity contribution in [2.45, 2.75) is 83.3 Å². The fourth-order valence-electron chi connectivity index (χ4n) is 3.06. The minimum absolute atomic E-state index is 0.0204. The zero-order valence-corrected chi connectivity index (χ0v) is 12.0. The first-order valence-electron chi connectivity index (χ1n) is 7.41. The molecule has 0 aliphatic heterocycles. The van der Waals surface area contributed by atoms with Crippen LogP contribution in [0.1, 0.15) is 71.6 Å². The summed E-state index contributed by atoms with van der Waals surface area (Å²) < 4.78 is 5.85. The fraction of sp³-hybridized carbons (Fsp3) is 1.00. The molecule has 0 bridgehead atoms. The second-order valence-corrected chi connectivity index (χ2v) is 6.11. The highest BCUT2D eigenvalue weighted by Gasteiger charge is 2.36. The summed E-state index contributed by atoms with van der Waals surface area (Å²) in [5.41, 5.74) is 6.40. The summed E-state index contributed by atoms with van der Waals surface area (Å²) in [6.45, 7) is 4.56. The summed E-state index contributed by atoms with van der Waals surface area (Å²) >= 11 is 0. The molecule has 0 radical (unpaired) electrons. The van der Waals surface area contributed by atoms with Gasteiger partial charge in [0.1, 0.15) is 0 Å². The van der Waals surface area contributed by atoms with Crippen molar-refractivity contribution in [1.29, 1.82) is 0 Å². The number of rotatable bonds is 6. The van der Waals surface area contributed by atoms with Gasteiger partial charge in [0.2, 0.25) is 0 Å². The van der Waals surface area contributed by atoms with Gasteiger partial charge in [-0.15, -0.1) is 0 Å². The molecule has 1 rings (SSSR count). The molecule has 102 valence electrons. The molecule has 1 saturated carbocycles. The van der Waals surface area contributed by atoms with Gasteiger partial charge in [0.25, 0.3) is 0 Å². The fourth-order valence-corrected chi connectivity index (χ4v) is 3.06. The quantitative estimate of drug-likeness (QED) is 0.716. The average Bonchev–Trinajstić information content (AvgIpc) is 2.54. The van der Waals surface area contributed by atoms with Gasteiger partial charge in [0.15, 0.2) is 0 Å². The maximum absolute atomic E-state index is 6.42. The second-order valence-electron chi connectivity index (χ2n) is 6.11. The molecule has 0 spiro atoms. The molecular formula is C15H31NO. The van der Waals surface area contributed by atoms with Gasteiger partial charge in [-0.1, -0.05) is 52.4 Å². The van der Waals surface area contributed by atoms with Crippen molar-refractivity contribution in [3.63, 3.8) is 0 Å². The molecule has 0 aromatic heterocycles. The molecule has 2 heteroatoms. The maximum Gasteiger partial charge on any atom is 0.0828 e. The number of methoxy groups -OCH3 is 1. The van der Waals surface area contributed by atoms with Gasteiger partial charge >= 0.3 is 0 Å². The molecule has 0 heterocycles. The van der Waals surface area contributed by atoms with Crippen LogP contribution < -0.4 is 5.73 Å². The Bertz CT molecular complexity index is 195. The highest BCUT2D eigenvalue weighted by atomic mass is 16.5. The Morgan fingerprint density at radius 2 is 1.65 bits per heavy atom. The van der Waals surface area contributed by atoms with E-state index in [2.05, 4.69) is 13.8 Å². The van der Waals surface area contributed by atoms with Crippen molar-refractivity contribution >= 4 is 0 Å². The number of nitrogens with two attached hydrogens (primary N) is 1. The minimum atomic E-state index is -0.0204. The van der Waals surface area contributed by atoms with Crippen LogP contribution in [0.25, 0.3) is 0 Å². The molecule has 1 unspecified atom stereocenters. The molecule has 0 aromatic carbocycles. The SMILES string of the molecule is COC1(C(N)CCCC(C)C)CCCCCC1. The lowest BCUT2D eigenvalue weighted by Crippen LogP contribution is -2.49. The van der Waals surface area contributed by atoms with Crippen molar-refractivity contribution in [2.24, 2.45) is 11.7 Å². The molecule has 1 fully saturated rings. The smallest absolute Gasteiger partial charge is 0.0828 e.